The molecule has 2 aliphatic rings. The molecule has 0 saturated carbocycles. The zero-order valence-electron chi connectivity index (χ0n) is 20.4. The summed E-state index contributed by atoms with van der Waals surface area (Å²) < 4.78 is 7.94. The molecule has 0 spiro atoms. The lowest BCUT2D eigenvalue weighted by atomic mass is 10.0. The van der Waals surface area contributed by atoms with Gasteiger partial charge >= 0.3 is 6.09 Å². The van der Waals surface area contributed by atoms with E-state index in [-0.39, 0.29) is 12.1 Å². The molecule has 1 atom stereocenters. The summed E-state index contributed by atoms with van der Waals surface area (Å²) in [6, 6.07) is 17.9. The van der Waals surface area contributed by atoms with Crippen LogP contribution in [0.25, 0.3) is 22.3 Å². The van der Waals surface area contributed by atoms with Gasteiger partial charge in [0.2, 0.25) is 0 Å². The average Bonchev–Trinajstić information content (AvgIpc) is 3.57. The van der Waals surface area contributed by atoms with Gasteiger partial charge in [0.1, 0.15) is 29.3 Å². The third kappa shape index (κ3) is 4.55. The van der Waals surface area contributed by atoms with E-state index in [0.29, 0.717) is 18.9 Å². The first-order valence-electron chi connectivity index (χ1n) is 12.6. The van der Waals surface area contributed by atoms with Crippen LogP contribution in [0.2, 0.25) is 0 Å². The molecule has 1 amide bonds. The predicted molar refractivity (Wildman–Crippen MR) is 140 cm³/mol. The fourth-order valence-electron chi connectivity index (χ4n) is 5.47. The minimum absolute atomic E-state index is 0.180. The van der Waals surface area contributed by atoms with Crippen LogP contribution in [0.5, 0.6) is 11.5 Å². The van der Waals surface area contributed by atoms with Crippen molar-refractivity contribution in [1.82, 2.24) is 29.5 Å². The largest absolute Gasteiger partial charge is 0.465 e. The highest BCUT2D eigenvalue weighted by atomic mass is 16.5. The van der Waals surface area contributed by atoms with Gasteiger partial charge < -0.3 is 20.5 Å². The number of nitrogen functional groups attached to an aromatic ring is 1. The van der Waals surface area contributed by atoms with Crippen molar-refractivity contribution >= 4 is 22.9 Å². The molecule has 2 fully saturated rings. The number of rotatable bonds is 5. The highest BCUT2D eigenvalue weighted by molar-refractivity contribution is 5.98. The number of aromatic nitrogens is 4. The van der Waals surface area contributed by atoms with Crippen LogP contribution in [0.3, 0.4) is 0 Å². The molecule has 0 aliphatic carbocycles. The van der Waals surface area contributed by atoms with Gasteiger partial charge in [0.25, 0.3) is 0 Å². The minimum Gasteiger partial charge on any atom is -0.465 e. The Morgan fingerprint density at radius 1 is 0.919 bits per heavy atom. The molecule has 1 unspecified atom stereocenters. The fourth-order valence-corrected chi connectivity index (χ4v) is 5.47. The van der Waals surface area contributed by atoms with Gasteiger partial charge in [-0.2, -0.15) is 5.10 Å². The predicted octanol–water partition coefficient (Wildman–Crippen LogP) is 4.26. The number of nitrogens with two attached hydrogens (primary N) is 1. The molecule has 0 bridgehead atoms. The van der Waals surface area contributed by atoms with E-state index in [9.17, 15) is 9.90 Å². The zero-order valence-corrected chi connectivity index (χ0v) is 20.4. The number of carbonyl (C=O) groups is 1. The van der Waals surface area contributed by atoms with E-state index in [1.807, 2.05) is 59.3 Å². The van der Waals surface area contributed by atoms with Crippen LogP contribution in [0.4, 0.5) is 10.6 Å². The molecule has 10 heteroatoms. The van der Waals surface area contributed by atoms with Crippen LogP contribution in [0, 0.1) is 0 Å². The Morgan fingerprint density at radius 2 is 1.62 bits per heavy atom. The van der Waals surface area contributed by atoms with Crippen molar-refractivity contribution in [2.24, 2.45) is 0 Å². The summed E-state index contributed by atoms with van der Waals surface area (Å²) in [4.78, 5) is 24.0. The maximum Gasteiger partial charge on any atom is 0.407 e. The second-order valence-electron chi connectivity index (χ2n) is 9.63. The van der Waals surface area contributed by atoms with Gasteiger partial charge in [-0.1, -0.05) is 18.2 Å². The van der Waals surface area contributed by atoms with E-state index in [1.54, 1.807) is 0 Å². The second-order valence-corrected chi connectivity index (χ2v) is 9.63. The Labute approximate surface area is 214 Å². The molecule has 0 radical (unpaired) electrons. The second kappa shape index (κ2) is 9.70. The number of anilines is 1. The molecule has 3 N–H and O–H groups in total. The number of benzene rings is 2. The first-order valence-corrected chi connectivity index (χ1v) is 12.6. The van der Waals surface area contributed by atoms with Gasteiger partial charge in [-0.05, 0) is 55.7 Å². The standard InChI is InChI=1S/C27H29N7O3/c28-25-23-24(18-6-8-22(9-7-18)37-21-4-2-1-3-5-21)31-34(26(23)30-17-29-25)19-10-13-32(14-11-19)20-12-15-33(16-20)27(35)36/h1-9,17,19-20H,10-16H2,(H,35,36)(H2,28,29,30). The Morgan fingerprint density at radius 3 is 2.32 bits per heavy atom. The quantitative estimate of drug-likeness (QED) is 0.418. The van der Waals surface area contributed by atoms with Crippen LogP contribution >= 0.6 is 0 Å². The van der Waals surface area contributed by atoms with E-state index in [2.05, 4.69) is 14.9 Å². The van der Waals surface area contributed by atoms with Gasteiger partial charge in [-0.3, -0.25) is 4.90 Å². The molecule has 190 valence electrons. The minimum atomic E-state index is -0.829. The number of piperidine rings is 1. The highest BCUT2D eigenvalue weighted by Crippen LogP contribution is 2.35. The number of nitrogens with zero attached hydrogens (tertiary/aromatic N) is 6. The molecule has 2 aliphatic heterocycles. The maximum atomic E-state index is 11.3. The molecule has 6 rings (SSSR count). The Hall–Kier alpha value is -4.18. The Bertz CT molecular complexity index is 1400. The Kier molecular flexibility index (Phi) is 6.09. The molecule has 37 heavy (non-hydrogen) atoms. The van der Waals surface area contributed by atoms with Crippen LogP contribution in [0.1, 0.15) is 25.3 Å². The van der Waals surface area contributed by atoms with Crippen LogP contribution in [-0.4, -0.2) is 73.0 Å². The van der Waals surface area contributed by atoms with Crippen molar-refractivity contribution < 1.29 is 14.6 Å². The monoisotopic (exact) mass is 499 g/mol. The summed E-state index contributed by atoms with van der Waals surface area (Å²) >= 11 is 0. The smallest absolute Gasteiger partial charge is 0.407 e. The normalized spacial score (nSPS) is 18.9. The number of hydrogen-bond donors (Lipinski definition) is 2. The molecular formula is C27H29N7O3. The number of likely N-dealkylation sites (tertiary alicyclic amines) is 2. The highest BCUT2D eigenvalue weighted by Gasteiger charge is 2.33. The van der Waals surface area contributed by atoms with Crippen LogP contribution < -0.4 is 10.5 Å². The molecule has 4 heterocycles. The average molecular weight is 500 g/mol. The summed E-state index contributed by atoms with van der Waals surface area (Å²) in [5, 5.41) is 15.1. The third-order valence-corrected chi connectivity index (χ3v) is 7.42. The van der Waals surface area contributed by atoms with Gasteiger partial charge in [-0.25, -0.2) is 19.4 Å². The van der Waals surface area contributed by atoms with Gasteiger partial charge in [0.15, 0.2) is 5.65 Å². The molecule has 2 aromatic carbocycles. The lowest BCUT2D eigenvalue weighted by Gasteiger charge is -2.35. The third-order valence-electron chi connectivity index (χ3n) is 7.42. The van der Waals surface area contributed by atoms with Crippen LogP contribution in [0.15, 0.2) is 60.9 Å². The van der Waals surface area contributed by atoms with E-state index in [1.165, 1.54) is 11.2 Å². The molecule has 10 nitrogen and oxygen atoms in total. The summed E-state index contributed by atoms with van der Waals surface area (Å²) in [6.45, 7) is 2.98. The van der Waals surface area contributed by atoms with Gasteiger partial charge in [-0.15, -0.1) is 0 Å². The van der Waals surface area contributed by atoms with Gasteiger partial charge in [0, 0.05) is 37.8 Å². The van der Waals surface area contributed by atoms with Crippen molar-refractivity contribution in [3.63, 3.8) is 0 Å². The van der Waals surface area contributed by atoms with Crippen molar-refractivity contribution in [3.05, 3.63) is 60.9 Å². The SMILES string of the molecule is Nc1ncnc2c1c(-c1ccc(Oc3ccccc3)cc1)nn2C1CCN(C2CCN(C(=O)O)C2)CC1. The fraction of sp³-hybridized carbons (Fsp3) is 0.333. The van der Waals surface area contributed by atoms with E-state index in [0.717, 1.165) is 66.1 Å². The van der Waals surface area contributed by atoms with Crippen molar-refractivity contribution in [2.75, 3.05) is 31.9 Å². The van der Waals surface area contributed by atoms with E-state index in [4.69, 9.17) is 15.6 Å². The zero-order chi connectivity index (χ0) is 25.4. The van der Waals surface area contributed by atoms with Crippen LogP contribution in [-0.2, 0) is 0 Å². The number of amides is 1. The molecular weight excluding hydrogens is 470 g/mol. The summed E-state index contributed by atoms with van der Waals surface area (Å²) in [6.07, 6.45) is 3.37. The van der Waals surface area contributed by atoms with Crippen molar-refractivity contribution in [1.29, 1.82) is 0 Å². The number of carboxylic acid groups (broad SMARTS) is 1. The first-order chi connectivity index (χ1) is 18.1. The molecule has 2 aromatic heterocycles. The maximum absolute atomic E-state index is 11.3. The summed E-state index contributed by atoms with van der Waals surface area (Å²) in [5.41, 5.74) is 8.74. The Balaban J connectivity index is 1.23. The summed E-state index contributed by atoms with van der Waals surface area (Å²) in [5.74, 6) is 1.93. The first kappa shape index (κ1) is 23.2. The summed E-state index contributed by atoms with van der Waals surface area (Å²) in [7, 11) is 0. The van der Waals surface area contributed by atoms with Gasteiger partial charge in [0.05, 0.1) is 11.4 Å². The van der Waals surface area contributed by atoms with E-state index < -0.39 is 6.09 Å². The number of ether oxygens (including phenoxy) is 1. The lowest BCUT2D eigenvalue weighted by Crippen LogP contribution is -2.43. The lowest BCUT2D eigenvalue weighted by molar-refractivity contribution is 0.124. The topological polar surface area (TPSA) is 123 Å². The van der Waals surface area contributed by atoms with Crippen molar-refractivity contribution in [2.45, 2.75) is 31.3 Å². The molecule has 4 aromatic rings. The molecule has 2 saturated heterocycles. The number of fused-ring (bicyclic) bond motifs is 1. The number of hydrogen-bond acceptors (Lipinski definition) is 7. The number of para-hydroxylation sites is 1. The van der Waals surface area contributed by atoms with E-state index >= 15 is 0 Å². The van der Waals surface area contributed by atoms with Crippen molar-refractivity contribution in [3.8, 4) is 22.8 Å².